The molecule has 0 fully saturated rings. The SMILES string of the molecule is CC(C)(C)c1nc(Br)cc(Oc2cccc(C#N)c2)n1. The van der Waals surface area contributed by atoms with Crippen molar-refractivity contribution in [1.29, 1.82) is 5.26 Å². The predicted octanol–water partition coefficient (Wildman–Crippen LogP) is 4.20. The minimum Gasteiger partial charge on any atom is -0.439 e. The molecule has 0 bridgehead atoms. The number of benzene rings is 1. The standard InChI is InChI=1S/C15H14BrN3O/c1-15(2,3)14-18-12(16)8-13(19-14)20-11-6-4-5-10(7-11)9-17/h4-8H,1-3H3. The summed E-state index contributed by atoms with van der Waals surface area (Å²) in [4.78, 5) is 8.76. The Balaban J connectivity index is 2.34. The number of aromatic nitrogens is 2. The molecule has 1 heterocycles. The number of nitrogens with zero attached hydrogens (tertiary/aromatic N) is 3. The van der Waals surface area contributed by atoms with Crippen molar-refractivity contribution < 1.29 is 4.74 Å². The molecule has 0 unspecified atom stereocenters. The van der Waals surface area contributed by atoms with E-state index in [9.17, 15) is 0 Å². The summed E-state index contributed by atoms with van der Waals surface area (Å²) in [5, 5.41) is 8.88. The van der Waals surface area contributed by atoms with E-state index in [2.05, 4.69) is 32.0 Å². The van der Waals surface area contributed by atoms with Crippen molar-refractivity contribution in [3.8, 4) is 17.7 Å². The average molecular weight is 332 g/mol. The maximum atomic E-state index is 8.88. The Morgan fingerprint density at radius 1 is 1.20 bits per heavy atom. The van der Waals surface area contributed by atoms with Crippen LogP contribution in [0.1, 0.15) is 32.2 Å². The van der Waals surface area contributed by atoms with E-state index in [-0.39, 0.29) is 5.41 Å². The second-order valence-electron chi connectivity index (χ2n) is 5.34. The Bertz CT molecular complexity index is 672. The van der Waals surface area contributed by atoms with Crippen LogP contribution in [0.25, 0.3) is 0 Å². The zero-order chi connectivity index (χ0) is 14.8. The third-order valence-electron chi connectivity index (χ3n) is 2.53. The molecule has 0 aliphatic carbocycles. The van der Waals surface area contributed by atoms with Crippen molar-refractivity contribution in [3.63, 3.8) is 0 Å². The van der Waals surface area contributed by atoms with Crippen LogP contribution in [0, 0.1) is 11.3 Å². The van der Waals surface area contributed by atoms with Crippen LogP contribution in [0.5, 0.6) is 11.6 Å². The van der Waals surface area contributed by atoms with Gasteiger partial charge in [-0.05, 0) is 34.1 Å². The van der Waals surface area contributed by atoms with E-state index in [0.717, 1.165) is 0 Å². The van der Waals surface area contributed by atoms with Gasteiger partial charge in [0, 0.05) is 11.5 Å². The van der Waals surface area contributed by atoms with Gasteiger partial charge in [0.25, 0.3) is 0 Å². The van der Waals surface area contributed by atoms with E-state index < -0.39 is 0 Å². The first-order valence-corrected chi connectivity index (χ1v) is 6.91. The normalized spacial score (nSPS) is 10.9. The zero-order valence-electron chi connectivity index (χ0n) is 11.5. The molecule has 2 rings (SSSR count). The summed E-state index contributed by atoms with van der Waals surface area (Å²) in [5.74, 6) is 1.72. The highest BCUT2D eigenvalue weighted by molar-refractivity contribution is 9.10. The molecule has 1 aromatic carbocycles. The van der Waals surface area contributed by atoms with Crippen molar-refractivity contribution in [1.82, 2.24) is 9.97 Å². The van der Waals surface area contributed by atoms with Gasteiger partial charge in [-0.2, -0.15) is 10.2 Å². The molecule has 0 spiro atoms. The van der Waals surface area contributed by atoms with Crippen molar-refractivity contribution in [3.05, 3.63) is 46.3 Å². The quantitative estimate of drug-likeness (QED) is 0.773. The third kappa shape index (κ3) is 3.55. The molecule has 0 saturated carbocycles. The molecule has 2 aromatic rings. The Labute approximate surface area is 126 Å². The van der Waals surface area contributed by atoms with Gasteiger partial charge in [0.1, 0.15) is 16.2 Å². The van der Waals surface area contributed by atoms with Crippen LogP contribution in [0.2, 0.25) is 0 Å². The zero-order valence-corrected chi connectivity index (χ0v) is 13.1. The van der Waals surface area contributed by atoms with Crippen molar-refractivity contribution in [2.24, 2.45) is 0 Å². The maximum absolute atomic E-state index is 8.88. The van der Waals surface area contributed by atoms with Crippen LogP contribution in [-0.2, 0) is 5.41 Å². The van der Waals surface area contributed by atoms with Gasteiger partial charge >= 0.3 is 0 Å². The fourth-order valence-electron chi connectivity index (χ4n) is 1.53. The van der Waals surface area contributed by atoms with Gasteiger partial charge in [-0.25, -0.2) is 4.98 Å². The highest BCUT2D eigenvalue weighted by Gasteiger charge is 2.19. The lowest BCUT2D eigenvalue weighted by molar-refractivity contribution is 0.444. The number of hydrogen-bond acceptors (Lipinski definition) is 4. The summed E-state index contributed by atoms with van der Waals surface area (Å²) in [7, 11) is 0. The van der Waals surface area contributed by atoms with Gasteiger partial charge in [-0.3, -0.25) is 0 Å². The molecule has 0 saturated heterocycles. The van der Waals surface area contributed by atoms with Crippen LogP contribution >= 0.6 is 15.9 Å². The van der Waals surface area contributed by atoms with Gasteiger partial charge in [0.15, 0.2) is 0 Å². The summed E-state index contributed by atoms with van der Waals surface area (Å²) in [5.41, 5.74) is 0.378. The first kappa shape index (κ1) is 14.5. The van der Waals surface area contributed by atoms with Gasteiger partial charge in [0.2, 0.25) is 5.88 Å². The largest absolute Gasteiger partial charge is 0.439 e. The predicted molar refractivity (Wildman–Crippen MR) is 79.7 cm³/mol. The van der Waals surface area contributed by atoms with E-state index in [0.29, 0.717) is 27.6 Å². The smallest absolute Gasteiger partial charge is 0.223 e. The lowest BCUT2D eigenvalue weighted by Crippen LogP contribution is -2.16. The summed E-state index contributed by atoms with van der Waals surface area (Å²) >= 11 is 3.36. The molecule has 0 aliphatic heterocycles. The van der Waals surface area contributed by atoms with E-state index >= 15 is 0 Å². The van der Waals surface area contributed by atoms with Crippen LogP contribution in [-0.4, -0.2) is 9.97 Å². The van der Waals surface area contributed by atoms with Crippen molar-refractivity contribution in [2.45, 2.75) is 26.2 Å². The van der Waals surface area contributed by atoms with Crippen LogP contribution in [0.3, 0.4) is 0 Å². The fourth-order valence-corrected chi connectivity index (χ4v) is 1.90. The molecule has 0 radical (unpaired) electrons. The Morgan fingerprint density at radius 3 is 2.60 bits per heavy atom. The number of rotatable bonds is 2. The lowest BCUT2D eigenvalue weighted by Gasteiger charge is -2.17. The summed E-state index contributed by atoms with van der Waals surface area (Å²) in [6, 6.07) is 10.7. The summed E-state index contributed by atoms with van der Waals surface area (Å²) in [6.07, 6.45) is 0. The minimum atomic E-state index is -0.170. The number of halogens is 1. The Kier molecular flexibility index (Phi) is 4.05. The lowest BCUT2D eigenvalue weighted by atomic mass is 9.96. The Hall–Kier alpha value is -1.93. The van der Waals surface area contributed by atoms with Crippen molar-refractivity contribution in [2.75, 3.05) is 0 Å². The first-order chi connectivity index (χ1) is 9.38. The molecule has 0 amide bonds. The molecule has 20 heavy (non-hydrogen) atoms. The first-order valence-electron chi connectivity index (χ1n) is 6.11. The molecule has 4 nitrogen and oxygen atoms in total. The average Bonchev–Trinajstić information content (AvgIpc) is 2.37. The van der Waals surface area contributed by atoms with Gasteiger partial charge < -0.3 is 4.74 Å². The van der Waals surface area contributed by atoms with Crippen LogP contribution in [0.15, 0.2) is 34.9 Å². The molecular formula is C15H14BrN3O. The van der Waals surface area contributed by atoms with Gasteiger partial charge in [-0.15, -0.1) is 0 Å². The maximum Gasteiger partial charge on any atom is 0.223 e. The molecule has 0 N–H and O–H groups in total. The van der Waals surface area contributed by atoms with Crippen molar-refractivity contribution >= 4 is 15.9 Å². The second kappa shape index (κ2) is 5.59. The molecule has 1 aromatic heterocycles. The summed E-state index contributed by atoms with van der Waals surface area (Å²) < 4.78 is 6.38. The second-order valence-corrected chi connectivity index (χ2v) is 6.16. The molecule has 5 heteroatoms. The molecule has 0 atom stereocenters. The molecule has 0 aliphatic rings. The highest BCUT2D eigenvalue weighted by atomic mass is 79.9. The number of nitriles is 1. The topological polar surface area (TPSA) is 58.8 Å². The van der Waals surface area contributed by atoms with E-state index in [4.69, 9.17) is 10.00 Å². The monoisotopic (exact) mass is 331 g/mol. The van der Waals surface area contributed by atoms with Gasteiger partial charge in [0.05, 0.1) is 11.6 Å². The van der Waals surface area contributed by atoms with E-state index in [1.165, 1.54) is 0 Å². The van der Waals surface area contributed by atoms with Gasteiger partial charge in [-0.1, -0.05) is 26.8 Å². The number of ether oxygens (including phenoxy) is 1. The Morgan fingerprint density at radius 2 is 1.95 bits per heavy atom. The van der Waals surface area contributed by atoms with E-state index in [1.807, 2.05) is 20.8 Å². The fraction of sp³-hybridized carbons (Fsp3) is 0.267. The molecule has 102 valence electrons. The van der Waals surface area contributed by atoms with E-state index in [1.54, 1.807) is 30.3 Å². The molecular weight excluding hydrogens is 318 g/mol. The third-order valence-corrected chi connectivity index (χ3v) is 2.93. The number of hydrogen-bond donors (Lipinski definition) is 0. The highest BCUT2D eigenvalue weighted by Crippen LogP contribution is 2.26. The van der Waals surface area contributed by atoms with Crippen LogP contribution in [0.4, 0.5) is 0 Å². The minimum absolute atomic E-state index is 0.170. The van der Waals surface area contributed by atoms with Crippen LogP contribution < -0.4 is 4.74 Å². The summed E-state index contributed by atoms with van der Waals surface area (Å²) in [6.45, 7) is 6.11.